The van der Waals surface area contributed by atoms with Crippen LogP contribution in [0, 0.1) is 0 Å². The molecule has 0 aliphatic carbocycles. The molecule has 0 radical (unpaired) electrons. The first-order valence-electron chi connectivity index (χ1n) is 5.61. The minimum atomic E-state index is -0.200. The molecule has 0 saturated carbocycles. The lowest BCUT2D eigenvalue weighted by Crippen LogP contribution is -2.25. The third-order valence-electron chi connectivity index (χ3n) is 2.52. The summed E-state index contributed by atoms with van der Waals surface area (Å²) in [5.41, 5.74) is 0.401. The maximum absolute atomic E-state index is 11.8. The zero-order valence-corrected chi connectivity index (χ0v) is 10.8. The Labute approximate surface area is 110 Å². The van der Waals surface area contributed by atoms with Gasteiger partial charge in [0.2, 0.25) is 0 Å². The van der Waals surface area contributed by atoms with Crippen LogP contribution < -0.4 is 5.32 Å². The van der Waals surface area contributed by atoms with Crippen molar-refractivity contribution in [3.05, 3.63) is 35.4 Å². The molecular formula is C11H14ClN5O. The van der Waals surface area contributed by atoms with E-state index in [-0.39, 0.29) is 5.91 Å². The molecule has 2 rings (SSSR count). The van der Waals surface area contributed by atoms with Crippen LogP contribution in [-0.4, -0.2) is 32.0 Å². The van der Waals surface area contributed by atoms with E-state index >= 15 is 0 Å². The average molecular weight is 268 g/mol. The SMILES string of the molecule is Cn1ncc(C(=O)NCCCn2cccn2)c1Cl. The van der Waals surface area contributed by atoms with Crippen LogP contribution in [0.1, 0.15) is 16.8 Å². The number of nitrogens with zero attached hydrogens (tertiary/aromatic N) is 4. The quantitative estimate of drug-likeness (QED) is 0.825. The van der Waals surface area contributed by atoms with E-state index in [1.54, 1.807) is 13.2 Å². The van der Waals surface area contributed by atoms with Crippen molar-refractivity contribution in [3.63, 3.8) is 0 Å². The molecule has 0 saturated heterocycles. The molecule has 2 aromatic heterocycles. The number of carbonyl (C=O) groups excluding carboxylic acids is 1. The average Bonchev–Trinajstić information content (AvgIpc) is 2.97. The summed E-state index contributed by atoms with van der Waals surface area (Å²) in [6, 6.07) is 1.87. The van der Waals surface area contributed by atoms with E-state index in [4.69, 9.17) is 11.6 Å². The van der Waals surface area contributed by atoms with E-state index < -0.39 is 0 Å². The van der Waals surface area contributed by atoms with Crippen molar-refractivity contribution < 1.29 is 4.79 Å². The lowest BCUT2D eigenvalue weighted by molar-refractivity contribution is 0.0952. The van der Waals surface area contributed by atoms with E-state index in [1.807, 2.05) is 16.9 Å². The summed E-state index contributed by atoms with van der Waals surface area (Å²) in [7, 11) is 1.69. The van der Waals surface area contributed by atoms with Gasteiger partial charge in [-0.25, -0.2) is 0 Å². The van der Waals surface area contributed by atoms with Crippen molar-refractivity contribution in [1.82, 2.24) is 24.9 Å². The van der Waals surface area contributed by atoms with Gasteiger partial charge in [0.1, 0.15) is 5.15 Å². The smallest absolute Gasteiger partial charge is 0.256 e. The van der Waals surface area contributed by atoms with Gasteiger partial charge >= 0.3 is 0 Å². The molecule has 2 heterocycles. The monoisotopic (exact) mass is 267 g/mol. The second-order valence-corrected chi connectivity index (χ2v) is 4.21. The molecule has 96 valence electrons. The Morgan fingerprint density at radius 1 is 1.50 bits per heavy atom. The van der Waals surface area contributed by atoms with Crippen LogP contribution in [-0.2, 0) is 13.6 Å². The minimum absolute atomic E-state index is 0.200. The van der Waals surface area contributed by atoms with E-state index in [0.29, 0.717) is 17.3 Å². The summed E-state index contributed by atoms with van der Waals surface area (Å²) < 4.78 is 3.28. The van der Waals surface area contributed by atoms with Crippen molar-refractivity contribution in [2.24, 2.45) is 7.05 Å². The Morgan fingerprint density at radius 2 is 2.33 bits per heavy atom. The summed E-state index contributed by atoms with van der Waals surface area (Å²) in [6.45, 7) is 1.35. The van der Waals surface area contributed by atoms with Crippen LogP contribution >= 0.6 is 11.6 Å². The van der Waals surface area contributed by atoms with Crippen molar-refractivity contribution >= 4 is 17.5 Å². The van der Waals surface area contributed by atoms with Crippen LogP contribution in [0.5, 0.6) is 0 Å². The number of hydrogen-bond donors (Lipinski definition) is 1. The molecule has 0 fully saturated rings. The van der Waals surface area contributed by atoms with Crippen LogP contribution in [0.15, 0.2) is 24.7 Å². The summed E-state index contributed by atoms with van der Waals surface area (Å²) >= 11 is 5.92. The Morgan fingerprint density at radius 3 is 2.94 bits per heavy atom. The molecule has 0 atom stereocenters. The summed E-state index contributed by atoms with van der Waals surface area (Å²) in [6.07, 6.45) is 5.89. The van der Waals surface area contributed by atoms with Crippen molar-refractivity contribution in [1.29, 1.82) is 0 Å². The summed E-state index contributed by atoms with van der Waals surface area (Å²) in [5, 5.41) is 11.1. The molecule has 1 N–H and O–H groups in total. The van der Waals surface area contributed by atoms with Gasteiger partial charge in [0.25, 0.3) is 5.91 Å². The Balaban J connectivity index is 1.77. The zero-order chi connectivity index (χ0) is 13.0. The summed E-state index contributed by atoms with van der Waals surface area (Å²) in [5.74, 6) is -0.200. The number of aryl methyl sites for hydroxylation is 2. The molecule has 0 aromatic carbocycles. The number of halogens is 1. The maximum atomic E-state index is 11.8. The van der Waals surface area contributed by atoms with Gasteiger partial charge < -0.3 is 5.32 Å². The Bertz CT molecular complexity index is 520. The van der Waals surface area contributed by atoms with Gasteiger partial charge in [-0.05, 0) is 12.5 Å². The number of carbonyl (C=O) groups is 1. The predicted octanol–water partition coefficient (Wildman–Crippen LogP) is 1.09. The van der Waals surface area contributed by atoms with Crippen LogP contribution in [0.25, 0.3) is 0 Å². The molecule has 7 heteroatoms. The zero-order valence-electron chi connectivity index (χ0n) is 10.0. The molecular weight excluding hydrogens is 254 g/mol. The van der Waals surface area contributed by atoms with Gasteiger partial charge in [0, 0.05) is 32.5 Å². The van der Waals surface area contributed by atoms with Gasteiger partial charge in [0.15, 0.2) is 0 Å². The van der Waals surface area contributed by atoms with Crippen molar-refractivity contribution in [3.8, 4) is 0 Å². The molecule has 18 heavy (non-hydrogen) atoms. The highest BCUT2D eigenvalue weighted by atomic mass is 35.5. The van der Waals surface area contributed by atoms with Crippen LogP contribution in [0.4, 0.5) is 0 Å². The fraction of sp³-hybridized carbons (Fsp3) is 0.364. The third-order valence-corrected chi connectivity index (χ3v) is 2.97. The molecule has 0 unspecified atom stereocenters. The van der Waals surface area contributed by atoms with E-state index in [0.717, 1.165) is 13.0 Å². The number of nitrogens with one attached hydrogen (secondary N) is 1. The topological polar surface area (TPSA) is 64.7 Å². The highest BCUT2D eigenvalue weighted by molar-refractivity contribution is 6.32. The Kier molecular flexibility index (Phi) is 3.99. The molecule has 6 nitrogen and oxygen atoms in total. The van der Waals surface area contributed by atoms with Crippen molar-refractivity contribution in [2.75, 3.05) is 6.54 Å². The first-order valence-corrected chi connectivity index (χ1v) is 5.99. The highest BCUT2D eigenvalue weighted by Crippen LogP contribution is 2.13. The number of aromatic nitrogens is 4. The fourth-order valence-corrected chi connectivity index (χ4v) is 1.72. The highest BCUT2D eigenvalue weighted by Gasteiger charge is 2.13. The second kappa shape index (κ2) is 5.68. The number of rotatable bonds is 5. The lowest BCUT2D eigenvalue weighted by Gasteiger charge is -2.04. The fourth-order valence-electron chi connectivity index (χ4n) is 1.55. The standard InChI is InChI=1S/C11H14ClN5O/c1-16-10(12)9(8-15-16)11(18)13-4-2-6-17-7-3-5-14-17/h3,5,7-8H,2,4,6H2,1H3,(H,13,18). The molecule has 0 bridgehead atoms. The summed E-state index contributed by atoms with van der Waals surface area (Å²) in [4.78, 5) is 11.8. The van der Waals surface area contributed by atoms with Gasteiger partial charge in [-0.2, -0.15) is 10.2 Å². The molecule has 2 aromatic rings. The van der Waals surface area contributed by atoms with Crippen molar-refractivity contribution in [2.45, 2.75) is 13.0 Å². The number of amides is 1. The molecule has 0 aliphatic rings. The van der Waals surface area contributed by atoms with E-state index in [1.165, 1.54) is 10.9 Å². The first kappa shape index (κ1) is 12.6. The molecule has 0 spiro atoms. The van der Waals surface area contributed by atoms with Gasteiger partial charge in [-0.1, -0.05) is 11.6 Å². The largest absolute Gasteiger partial charge is 0.352 e. The minimum Gasteiger partial charge on any atom is -0.352 e. The Hall–Kier alpha value is -1.82. The molecule has 1 amide bonds. The second-order valence-electron chi connectivity index (χ2n) is 3.85. The van der Waals surface area contributed by atoms with Gasteiger partial charge in [-0.15, -0.1) is 0 Å². The van der Waals surface area contributed by atoms with Crippen LogP contribution in [0.2, 0.25) is 5.15 Å². The lowest BCUT2D eigenvalue weighted by atomic mass is 10.3. The van der Waals surface area contributed by atoms with Crippen LogP contribution in [0.3, 0.4) is 0 Å². The van der Waals surface area contributed by atoms with E-state index in [9.17, 15) is 4.79 Å². The van der Waals surface area contributed by atoms with Gasteiger partial charge in [-0.3, -0.25) is 14.2 Å². The normalized spacial score (nSPS) is 10.6. The molecule has 0 aliphatic heterocycles. The van der Waals surface area contributed by atoms with Gasteiger partial charge in [0.05, 0.1) is 11.8 Å². The number of hydrogen-bond acceptors (Lipinski definition) is 3. The predicted molar refractivity (Wildman–Crippen MR) is 67.4 cm³/mol. The maximum Gasteiger partial charge on any atom is 0.256 e. The third kappa shape index (κ3) is 2.89. The first-order chi connectivity index (χ1) is 8.68. The van der Waals surface area contributed by atoms with E-state index in [2.05, 4.69) is 15.5 Å².